The molecule has 0 bridgehead atoms. The van der Waals surface area contributed by atoms with Gasteiger partial charge in [0, 0.05) is 10.7 Å². The number of hydrogen-bond donors (Lipinski definition) is 2. The topological polar surface area (TPSA) is 75.3 Å². The summed E-state index contributed by atoms with van der Waals surface area (Å²) < 4.78 is 27.6. The Morgan fingerprint density at radius 1 is 1.19 bits per heavy atom. The van der Waals surface area contributed by atoms with Gasteiger partial charge in [-0.2, -0.15) is 16.5 Å². The molecule has 26 heavy (non-hydrogen) atoms. The summed E-state index contributed by atoms with van der Waals surface area (Å²) in [6.45, 7) is 1.84. The number of rotatable bonds is 8. The molecular formula is C18H21ClN2O3S2. The normalized spacial score (nSPS) is 12.6. The van der Waals surface area contributed by atoms with Crippen molar-refractivity contribution in [1.82, 2.24) is 4.72 Å². The molecule has 8 heteroatoms. The van der Waals surface area contributed by atoms with Crippen LogP contribution in [-0.4, -0.2) is 32.4 Å². The second-order valence-electron chi connectivity index (χ2n) is 5.72. The molecule has 0 aliphatic carbocycles. The van der Waals surface area contributed by atoms with Crippen LogP contribution in [0.3, 0.4) is 0 Å². The Morgan fingerprint density at radius 3 is 2.54 bits per heavy atom. The molecule has 5 nitrogen and oxygen atoms in total. The first-order valence-electron chi connectivity index (χ1n) is 7.97. The van der Waals surface area contributed by atoms with Crippen LogP contribution >= 0.6 is 23.4 Å². The van der Waals surface area contributed by atoms with E-state index in [1.807, 2.05) is 13.2 Å². The van der Waals surface area contributed by atoms with E-state index in [4.69, 9.17) is 11.6 Å². The highest BCUT2D eigenvalue weighted by Crippen LogP contribution is 2.21. The number of sulfonamides is 1. The minimum Gasteiger partial charge on any atom is -0.324 e. The fraction of sp³-hybridized carbons (Fsp3) is 0.278. The van der Waals surface area contributed by atoms with E-state index in [-0.39, 0.29) is 4.90 Å². The molecule has 0 unspecified atom stereocenters. The number of amides is 1. The summed E-state index contributed by atoms with van der Waals surface area (Å²) in [5, 5.41) is 3.27. The number of nitrogens with one attached hydrogen (secondary N) is 2. The summed E-state index contributed by atoms with van der Waals surface area (Å²) in [4.78, 5) is 12.8. The molecule has 0 aromatic heterocycles. The third kappa shape index (κ3) is 5.74. The van der Waals surface area contributed by atoms with Crippen LogP contribution in [0.5, 0.6) is 0 Å². The van der Waals surface area contributed by atoms with Gasteiger partial charge in [-0.05, 0) is 55.2 Å². The van der Waals surface area contributed by atoms with Gasteiger partial charge in [0.2, 0.25) is 15.9 Å². The summed E-state index contributed by atoms with van der Waals surface area (Å²) in [6, 6.07) is 12.3. The van der Waals surface area contributed by atoms with Gasteiger partial charge in [0.25, 0.3) is 0 Å². The molecule has 1 amide bonds. The Hall–Kier alpha value is -1.54. The first-order valence-corrected chi connectivity index (χ1v) is 11.2. The van der Waals surface area contributed by atoms with Crippen molar-refractivity contribution in [3.05, 3.63) is 59.1 Å². The van der Waals surface area contributed by atoms with Gasteiger partial charge in [-0.3, -0.25) is 4.79 Å². The smallest absolute Gasteiger partial charge is 0.242 e. The van der Waals surface area contributed by atoms with Gasteiger partial charge in [0.15, 0.2) is 0 Å². The molecule has 0 radical (unpaired) electrons. The largest absolute Gasteiger partial charge is 0.324 e. The van der Waals surface area contributed by atoms with Crippen LogP contribution < -0.4 is 10.0 Å². The van der Waals surface area contributed by atoms with Gasteiger partial charge in [-0.25, -0.2) is 8.42 Å². The molecule has 0 saturated heterocycles. The van der Waals surface area contributed by atoms with Crippen molar-refractivity contribution < 1.29 is 13.2 Å². The monoisotopic (exact) mass is 412 g/mol. The standard InChI is InChI=1S/C18H21ClN2O3S2/c1-13-8-9-14(19)12-17(13)20-18(22)16(10-11-25-2)21-26(23,24)15-6-4-3-5-7-15/h3-9,12,16,21H,10-11H2,1-2H3,(H,20,22)/t16-/m0/s1. The Kier molecular flexibility index (Phi) is 7.52. The third-order valence-corrected chi connectivity index (χ3v) is 6.10. The molecule has 2 aromatic rings. The van der Waals surface area contributed by atoms with Crippen LogP contribution in [0.15, 0.2) is 53.4 Å². The number of benzene rings is 2. The number of halogens is 1. The van der Waals surface area contributed by atoms with Gasteiger partial charge in [0.1, 0.15) is 6.04 Å². The van der Waals surface area contributed by atoms with Crippen LogP contribution in [0.1, 0.15) is 12.0 Å². The van der Waals surface area contributed by atoms with Crippen LogP contribution in [0, 0.1) is 6.92 Å². The predicted molar refractivity (Wildman–Crippen MR) is 108 cm³/mol. The molecule has 0 aliphatic rings. The fourth-order valence-corrected chi connectivity index (χ4v) is 4.18. The van der Waals surface area contributed by atoms with Crippen molar-refractivity contribution in [2.24, 2.45) is 0 Å². The lowest BCUT2D eigenvalue weighted by Crippen LogP contribution is -2.44. The lowest BCUT2D eigenvalue weighted by Gasteiger charge is -2.19. The van der Waals surface area contributed by atoms with E-state index in [0.29, 0.717) is 22.9 Å². The van der Waals surface area contributed by atoms with Gasteiger partial charge in [-0.1, -0.05) is 35.9 Å². The average molecular weight is 413 g/mol. The van der Waals surface area contributed by atoms with E-state index >= 15 is 0 Å². The average Bonchev–Trinajstić information content (AvgIpc) is 2.62. The maximum Gasteiger partial charge on any atom is 0.242 e. The number of carbonyl (C=O) groups excluding carboxylic acids is 1. The van der Waals surface area contributed by atoms with Crippen molar-refractivity contribution in [1.29, 1.82) is 0 Å². The highest BCUT2D eigenvalue weighted by Gasteiger charge is 2.25. The molecule has 0 fully saturated rings. The van der Waals surface area contributed by atoms with Gasteiger partial charge >= 0.3 is 0 Å². The number of thioether (sulfide) groups is 1. The number of anilines is 1. The zero-order valence-corrected chi connectivity index (χ0v) is 16.9. The summed E-state index contributed by atoms with van der Waals surface area (Å²) in [5.41, 5.74) is 1.41. The second kappa shape index (κ2) is 9.41. The molecular weight excluding hydrogens is 392 g/mol. The Bertz CT molecular complexity index is 858. The van der Waals surface area contributed by atoms with Crippen molar-refractivity contribution in [3.63, 3.8) is 0 Å². The lowest BCUT2D eigenvalue weighted by atomic mass is 10.1. The van der Waals surface area contributed by atoms with E-state index in [1.54, 1.807) is 48.2 Å². The van der Waals surface area contributed by atoms with Gasteiger partial charge in [-0.15, -0.1) is 0 Å². The van der Waals surface area contributed by atoms with E-state index in [2.05, 4.69) is 10.0 Å². The van der Waals surface area contributed by atoms with Crippen LogP contribution in [-0.2, 0) is 14.8 Å². The third-order valence-electron chi connectivity index (χ3n) is 3.74. The van der Waals surface area contributed by atoms with E-state index in [0.717, 1.165) is 5.56 Å². The molecule has 2 N–H and O–H groups in total. The Morgan fingerprint density at radius 2 is 1.88 bits per heavy atom. The first-order chi connectivity index (χ1) is 12.3. The molecule has 2 rings (SSSR count). The SMILES string of the molecule is CSCC[C@H](NS(=O)(=O)c1ccccc1)C(=O)Nc1cc(Cl)ccc1C. The summed E-state index contributed by atoms with van der Waals surface area (Å²) in [7, 11) is -3.79. The number of carbonyl (C=O) groups is 1. The molecule has 1 atom stereocenters. The number of hydrogen-bond acceptors (Lipinski definition) is 4. The van der Waals surface area contributed by atoms with Crippen molar-refractivity contribution in [2.45, 2.75) is 24.3 Å². The van der Waals surface area contributed by atoms with Crippen molar-refractivity contribution in [2.75, 3.05) is 17.3 Å². The maximum atomic E-state index is 12.7. The van der Waals surface area contributed by atoms with E-state index < -0.39 is 22.0 Å². The lowest BCUT2D eigenvalue weighted by molar-refractivity contribution is -0.117. The van der Waals surface area contributed by atoms with Crippen molar-refractivity contribution >= 4 is 45.0 Å². The maximum absolute atomic E-state index is 12.7. The Balaban J connectivity index is 2.20. The zero-order valence-electron chi connectivity index (χ0n) is 14.5. The van der Waals surface area contributed by atoms with Crippen LogP contribution in [0.25, 0.3) is 0 Å². The second-order valence-corrected chi connectivity index (χ2v) is 8.85. The molecule has 0 heterocycles. The van der Waals surface area contributed by atoms with E-state index in [1.165, 1.54) is 12.1 Å². The summed E-state index contributed by atoms with van der Waals surface area (Å²) >= 11 is 7.53. The highest BCUT2D eigenvalue weighted by molar-refractivity contribution is 7.98. The van der Waals surface area contributed by atoms with Gasteiger partial charge in [0.05, 0.1) is 4.90 Å². The van der Waals surface area contributed by atoms with E-state index in [9.17, 15) is 13.2 Å². The molecule has 140 valence electrons. The molecule has 2 aromatic carbocycles. The van der Waals surface area contributed by atoms with Gasteiger partial charge < -0.3 is 5.32 Å². The van der Waals surface area contributed by atoms with Crippen LogP contribution in [0.2, 0.25) is 5.02 Å². The quantitative estimate of drug-likeness (QED) is 0.693. The van der Waals surface area contributed by atoms with Crippen molar-refractivity contribution in [3.8, 4) is 0 Å². The summed E-state index contributed by atoms with van der Waals surface area (Å²) in [6.07, 6.45) is 2.28. The first kappa shape index (κ1) is 20.8. The highest BCUT2D eigenvalue weighted by atomic mass is 35.5. The molecule has 0 spiro atoms. The zero-order chi connectivity index (χ0) is 19.2. The Labute approximate surface area is 163 Å². The summed E-state index contributed by atoms with van der Waals surface area (Å²) in [5.74, 6) is 0.230. The molecule has 0 saturated carbocycles. The minimum absolute atomic E-state index is 0.126. The number of aryl methyl sites for hydroxylation is 1. The van der Waals surface area contributed by atoms with Crippen LogP contribution in [0.4, 0.5) is 5.69 Å². The fourth-order valence-electron chi connectivity index (χ4n) is 2.28. The minimum atomic E-state index is -3.79. The molecule has 0 aliphatic heterocycles. The predicted octanol–water partition coefficient (Wildman–Crippen LogP) is 3.69.